The molecule has 7 nitrogen and oxygen atoms in total. The van der Waals surface area contributed by atoms with Crippen LogP contribution >= 0.6 is 0 Å². The van der Waals surface area contributed by atoms with E-state index in [0.29, 0.717) is 29.9 Å². The van der Waals surface area contributed by atoms with Crippen LogP contribution in [0.3, 0.4) is 0 Å². The Labute approximate surface area is 193 Å². The Morgan fingerprint density at radius 1 is 1.00 bits per heavy atom. The molecule has 1 saturated heterocycles. The lowest BCUT2D eigenvalue weighted by Gasteiger charge is -2.25. The number of carbonyl (C=O) groups is 3. The van der Waals surface area contributed by atoms with E-state index >= 15 is 0 Å². The Hall–Kier alpha value is -3.61. The maximum absolute atomic E-state index is 13.1. The minimum absolute atomic E-state index is 0.0304. The van der Waals surface area contributed by atoms with Gasteiger partial charge in [-0.15, -0.1) is 0 Å². The van der Waals surface area contributed by atoms with Crippen LogP contribution in [-0.4, -0.2) is 47.9 Å². The first kappa shape index (κ1) is 21.2. The number of ketones is 1. The number of ether oxygens (including phenoxy) is 1. The summed E-state index contributed by atoms with van der Waals surface area (Å²) < 4.78 is 5.51. The first-order valence-electron chi connectivity index (χ1n) is 11.1. The van der Waals surface area contributed by atoms with Crippen LogP contribution in [-0.2, 0) is 9.53 Å². The smallest absolute Gasteiger partial charge is 0.410 e. The second-order valence-electron chi connectivity index (χ2n) is 9.91. The number of likely N-dealkylation sites (tertiary alicyclic amines) is 1. The molecule has 7 heteroatoms. The van der Waals surface area contributed by atoms with Gasteiger partial charge >= 0.3 is 6.09 Å². The lowest BCUT2D eigenvalue weighted by Crippen LogP contribution is -2.36. The van der Waals surface area contributed by atoms with Crippen molar-refractivity contribution in [3.05, 3.63) is 59.3 Å². The normalized spacial score (nSPS) is 18.6. The number of rotatable bonds is 2. The predicted octanol–water partition coefficient (Wildman–Crippen LogP) is 4.43. The van der Waals surface area contributed by atoms with Crippen molar-refractivity contribution in [2.24, 2.45) is 5.92 Å². The number of amides is 2. The second-order valence-corrected chi connectivity index (χ2v) is 9.91. The van der Waals surface area contributed by atoms with Gasteiger partial charge < -0.3 is 19.9 Å². The van der Waals surface area contributed by atoms with Gasteiger partial charge in [0.2, 0.25) is 5.91 Å². The van der Waals surface area contributed by atoms with Crippen LogP contribution in [0.15, 0.2) is 48.2 Å². The number of nitrogens with one attached hydrogen (secondary N) is 1. The van der Waals surface area contributed by atoms with Gasteiger partial charge in [-0.3, -0.25) is 9.59 Å². The van der Waals surface area contributed by atoms with Crippen molar-refractivity contribution in [2.45, 2.75) is 33.3 Å². The summed E-state index contributed by atoms with van der Waals surface area (Å²) in [5, 5.41) is 2.74. The maximum Gasteiger partial charge on any atom is 0.410 e. The Morgan fingerprint density at radius 3 is 2.36 bits per heavy atom. The molecular weight excluding hydrogens is 418 g/mol. The van der Waals surface area contributed by atoms with E-state index in [-0.39, 0.29) is 23.7 Å². The minimum Gasteiger partial charge on any atom is -0.444 e. The van der Waals surface area contributed by atoms with Crippen molar-refractivity contribution < 1.29 is 19.1 Å². The van der Waals surface area contributed by atoms with Crippen LogP contribution in [0.2, 0.25) is 0 Å². The number of anilines is 2. The van der Waals surface area contributed by atoms with Crippen molar-refractivity contribution in [3.63, 3.8) is 0 Å². The maximum atomic E-state index is 13.1. The highest BCUT2D eigenvalue weighted by Crippen LogP contribution is 2.41. The molecule has 1 N–H and O–H groups in total. The molecule has 170 valence electrons. The van der Waals surface area contributed by atoms with Crippen LogP contribution in [0.25, 0.3) is 11.1 Å². The molecule has 0 bridgehead atoms. The van der Waals surface area contributed by atoms with Gasteiger partial charge in [0.1, 0.15) is 5.60 Å². The van der Waals surface area contributed by atoms with Gasteiger partial charge in [0.25, 0.3) is 0 Å². The van der Waals surface area contributed by atoms with E-state index in [1.54, 1.807) is 11.0 Å². The van der Waals surface area contributed by atoms with E-state index in [4.69, 9.17) is 4.74 Å². The molecule has 2 aromatic carbocycles. The molecule has 2 heterocycles. The SMILES string of the molecule is CC(=O)Nc1ccc2c(c1)C(=O)c1cc(N3C=C4CN(C(=O)OC(C)(C)C)CC4C3)ccc1-2. The van der Waals surface area contributed by atoms with Gasteiger partial charge in [-0.25, -0.2) is 4.79 Å². The average Bonchev–Trinajstić information content (AvgIpc) is 3.37. The van der Waals surface area contributed by atoms with Crippen LogP contribution in [0, 0.1) is 5.92 Å². The van der Waals surface area contributed by atoms with Crippen molar-refractivity contribution in [1.82, 2.24) is 4.90 Å². The predicted molar refractivity (Wildman–Crippen MR) is 126 cm³/mol. The number of nitrogens with zero attached hydrogens (tertiary/aromatic N) is 2. The van der Waals surface area contributed by atoms with Crippen molar-refractivity contribution in [3.8, 4) is 11.1 Å². The third kappa shape index (κ3) is 3.88. The molecule has 0 saturated carbocycles. The number of hydrogen-bond acceptors (Lipinski definition) is 5. The average molecular weight is 446 g/mol. The molecule has 2 aromatic rings. The molecule has 2 aliphatic heterocycles. The summed E-state index contributed by atoms with van der Waals surface area (Å²) in [5.74, 6) is 0.0640. The van der Waals surface area contributed by atoms with Gasteiger partial charge in [0.05, 0.1) is 0 Å². The zero-order valence-corrected chi connectivity index (χ0v) is 19.3. The zero-order chi connectivity index (χ0) is 23.5. The summed E-state index contributed by atoms with van der Waals surface area (Å²) in [4.78, 5) is 40.8. The van der Waals surface area contributed by atoms with E-state index < -0.39 is 5.60 Å². The van der Waals surface area contributed by atoms with E-state index in [1.165, 1.54) is 12.5 Å². The molecule has 5 rings (SSSR count). The van der Waals surface area contributed by atoms with E-state index in [0.717, 1.165) is 23.4 Å². The first-order chi connectivity index (χ1) is 15.6. The largest absolute Gasteiger partial charge is 0.444 e. The third-order valence-corrected chi connectivity index (χ3v) is 6.18. The van der Waals surface area contributed by atoms with E-state index in [1.807, 2.05) is 51.1 Å². The summed E-state index contributed by atoms with van der Waals surface area (Å²) in [5.41, 5.74) is 5.36. The van der Waals surface area contributed by atoms with Crippen LogP contribution in [0.5, 0.6) is 0 Å². The summed E-state index contributed by atoms with van der Waals surface area (Å²) in [6.07, 6.45) is 1.82. The van der Waals surface area contributed by atoms with Crippen LogP contribution in [0.1, 0.15) is 43.6 Å². The molecule has 0 spiro atoms. The van der Waals surface area contributed by atoms with Gasteiger partial charge in [-0.2, -0.15) is 0 Å². The number of benzene rings is 2. The summed E-state index contributed by atoms with van der Waals surface area (Å²) in [6, 6.07) is 11.4. The van der Waals surface area contributed by atoms with E-state index in [9.17, 15) is 14.4 Å². The standard InChI is InChI=1S/C26H27N3O4/c1-15(30)27-18-5-7-20-21-8-6-19(10-23(21)24(31)22(20)9-18)28-11-16-13-29(14-17(16)12-28)25(32)33-26(2,3)4/h5-11,17H,12-14H2,1-4H3,(H,27,30). The minimum atomic E-state index is -0.507. The summed E-state index contributed by atoms with van der Waals surface area (Å²) in [7, 11) is 0. The van der Waals surface area contributed by atoms with Gasteiger partial charge in [0, 0.05) is 61.2 Å². The number of hydrogen-bond donors (Lipinski definition) is 1. The summed E-state index contributed by atoms with van der Waals surface area (Å²) >= 11 is 0. The molecule has 2 amide bonds. The Kier molecular flexibility index (Phi) is 4.81. The van der Waals surface area contributed by atoms with Crippen molar-refractivity contribution in [2.75, 3.05) is 29.9 Å². The van der Waals surface area contributed by atoms with Gasteiger partial charge in [-0.1, -0.05) is 12.1 Å². The van der Waals surface area contributed by atoms with Crippen molar-refractivity contribution >= 4 is 29.2 Å². The highest BCUT2D eigenvalue weighted by atomic mass is 16.6. The molecule has 0 aromatic heterocycles. The highest BCUT2D eigenvalue weighted by Gasteiger charge is 2.38. The fourth-order valence-electron chi connectivity index (χ4n) is 4.78. The number of carbonyl (C=O) groups excluding carboxylic acids is 3. The number of fused-ring (bicyclic) bond motifs is 4. The molecule has 1 unspecified atom stereocenters. The molecule has 33 heavy (non-hydrogen) atoms. The Balaban J connectivity index is 1.34. The molecule has 3 aliphatic rings. The molecule has 0 radical (unpaired) electrons. The molecule has 1 fully saturated rings. The zero-order valence-electron chi connectivity index (χ0n) is 19.3. The third-order valence-electron chi connectivity index (χ3n) is 6.18. The van der Waals surface area contributed by atoms with Crippen LogP contribution in [0.4, 0.5) is 16.2 Å². The Bertz CT molecular complexity index is 1220. The topological polar surface area (TPSA) is 79.0 Å². The van der Waals surface area contributed by atoms with Crippen molar-refractivity contribution in [1.29, 1.82) is 0 Å². The highest BCUT2D eigenvalue weighted by molar-refractivity contribution is 6.22. The molecular formula is C26H27N3O4. The molecule has 1 aliphatic carbocycles. The lowest BCUT2D eigenvalue weighted by atomic mass is 10.0. The fraction of sp³-hybridized carbons (Fsp3) is 0.346. The van der Waals surface area contributed by atoms with Gasteiger partial charge in [0.15, 0.2) is 5.78 Å². The van der Waals surface area contributed by atoms with Gasteiger partial charge in [-0.05, 0) is 61.7 Å². The lowest BCUT2D eigenvalue weighted by molar-refractivity contribution is -0.114. The fourth-order valence-corrected chi connectivity index (χ4v) is 4.78. The first-order valence-corrected chi connectivity index (χ1v) is 11.1. The quantitative estimate of drug-likeness (QED) is 0.631. The Morgan fingerprint density at radius 2 is 1.70 bits per heavy atom. The monoisotopic (exact) mass is 445 g/mol. The summed E-state index contributed by atoms with van der Waals surface area (Å²) in [6.45, 7) is 9.03. The van der Waals surface area contributed by atoms with E-state index in [2.05, 4.69) is 16.4 Å². The second kappa shape index (κ2) is 7.47. The van der Waals surface area contributed by atoms with Crippen LogP contribution < -0.4 is 10.2 Å². The molecule has 1 atom stereocenters.